The second-order valence-corrected chi connectivity index (χ2v) is 5.21. The molecule has 0 unspecified atom stereocenters. The summed E-state index contributed by atoms with van der Waals surface area (Å²) < 4.78 is 10.3. The minimum Gasteiger partial charge on any atom is -0.385 e. The molecule has 0 aliphatic heterocycles. The number of hydrogen-bond acceptors (Lipinski definition) is 3. The first-order chi connectivity index (χ1) is 9.22. The van der Waals surface area contributed by atoms with Crippen molar-refractivity contribution in [3.8, 4) is 0 Å². The van der Waals surface area contributed by atoms with Crippen LogP contribution in [0.3, 0.4) is 0 Å². The maximum atomic E-state index is 6.36. The Labute approximate surface area is 129 Å². The molecule has 0 radical (unpaired) electrons. The Hall–Kier alpha value is -0.290. The van der Waals surface area contributed by atoms with Crippen molar-refractivity contribution < 1.29 is 9.47 Å². The van der Waals surface area contributed by atoms with Crippen LogP contribution in [0.15, 0.2) is 18.2 Å². The first-order valence-electron chi connectivity index (χ1n) is 6.30. The lowest BCUT2D eigenvalue weighted by Crippen LogP contribution is -2.29. The molecular weight excluding hydrogens is 330 g/mol. The van der Waals surface area contributed by atoms with Gasteiger partial charge in [0.1, 0.15) is 0 Å². The lowest BCUT2D eigenvalue weighted by molar-refractivity contribution is 0.191. The fourth-order valence-electron chi connectivity index (χ4n) is 1.84. The maximum Gasteiger partial charge on any atom is 0.0642 e. The smallest absolute Gasteiger partial charge is 0.0642 e. The van der Waals surface area contributed by atoms with E-state index < -0.39 is 0 Å². The highest BCUT2D eigenvalue weighted by atomic mass is 79.9. The molecule has 0 saturated carbocycles. The maximum absolute atomic E-state index is 6.36. The van der Waals surface area contributed by atoms with Crippen molar-refractivity contribution in [3.05, 3.63) is 28.8 Å². The Morgan fingerprint density at radius 2 is 1.89 bits per heavy atom. The van der Waals surface area contributed by atoms with Crippen molar-refractivity contribution in [2.45, 2.75) is 11.8 Å². The van der Waals surface area contributed by atoms with Gasteiger partial charge in [0.15, 0.2) is 0 Å². The summed E-state index contributed by atoms with van der Waals surface area (Å²) >= 11 is 9.80. The van der Waals surface area contributed by atoms with Gasteiger partial charge in [-0.25, -0.2) is 0 Å². The molecule has 0 saturated heterocycles. The summed E-state index contributed by atoms with van der Waals surface area (Å²) in [6.45, 7) is 3.17. The number of methoxy groups -OCH3 is 2. The molecular formula is C14H21BrClNO2. The SMILES string of the molecule is COCCCN(CCOC)c1ccc(CBr)cc1Cl. The summed E-state index contributed by atoms with van der Waals surface area (Å²) in [7, 11) is 3.43. The molecule has 1 aromatic carbocycles. The van der Waals surface area contributed by atoms with Crippen molar-refractivity contribution in [2.75, 3.05) is 45.4 Å². The van der Waals surface area contributed by atoms with E-state index in [0.717, 1.165) is 42.2 Å². The van der Waals surface area contributed by atoms with Gasteiger partial charge in [-0.15, -0.1) is 0 Å². The van der Waals surface area contributed by atoms with E-state index >= 15 is 0 Å². The van der Waals surface area contributed by atoms with Gasteiger partial charge in [-0.1, -0.05) is 33.6 Å². The highest BCUT2D eigenvalue weighted by Crippen LogP contribution is 2.27. The number of hydrogen-bond donors (Lipinski definition) is 0. The van der Waals surface area contributed by atoms with Gasteiger partial charge >= 0.3 is 0 Å². The molecule has 0 spiro atoms. The zero-order chi connectivity index (χ0) is 14.1. The van der Waals surface area contributed by atoms with E-state index in [9.17, 15) is 0 Å². The van der Waals surface area contributed by atoms with E-state index in [2.05, 4.69) is 33.0 Å². The number of anilines is 1. The molecule has 0 N–H and O–H groups in total. The fourth-order valence-corrected chi connectivity index (χ4v) is 2.52. The first-order valence-corrected chi connectivity index (χ1v) is 7.80. The Kier molecular flexibility index (Phi) is 8.46. The summed E-state index contributed by atoms with van der Waals surface area (Å²) in [5.74, 6) is 0. The van der Waals surface area contributed by atoms with E-state index in [-0.39, 0.29) is 0 Å². The van der Waals surface area contributed by atoms with Crippen LogP contribution >= 0.6 is 27.5 Å². The quantitative estimate of drug-likeness (QED) is 0.500. The van der Waals surface area contributed by atoms with Gasteiger partial charge in [-0.3, -0.25) is 0 Å². The van der Waals surface area contributed by atoms with Crippen LogP contribution in [0.2, 0.25) is 5.02 Å². The van der Waals surface area contributed by atoms with Crippen LogP contribution in [0.5, 0.6) is 0 Å². The van der Waals surface area contributed by atoms with Gasteiger partial charge in [0.25, 0.3) is 0 Å². The molecule has 0 heterocycles. The van der Waals surface area contributed by atoms with Crippen LogP contribution in [0.4, 0.5) is 5.69 Å². The van der Waals surface area contributed by atoms with Gasteiger partial charge in [0.2, 0.25) is 0 Å². The monoisotopic (exact) mass is 349 g/mol. The number of nitrogens with zero attached hydrogens (tertiary/aromatic N) is 1. The Morgan fingerprint density at radius 1 is 1.16 bits per heavy atom. The first kappa shape index (κ1) is 16.8. The van der Waals surface area contributed by atoms with E-state index in [1.54, 1.807) is 14.2 Å². The lowest BCUT2D eigenvalue weighted by Gasteiger charge is -2.25. The number of halogens is 2. The summed E-state index contributed by atoms with van der Waals surface area (Å²) in [4.78, 5) is 2.24. The Bertz CT molecular complexity index is 376. The van der Waals surface area contributed by atoms with Gasteiger partial charge in [-0.2, -0.15) is 0 Å². The molecule has 0 amide bonds. The van der Waals surface area contributed by atoms with Crippen LogP contribution in [-0.4, -0.2) is 40.5 Å². The van der Waals surface area contributed by atoms with Crippen molar-refractivity contribution >= 4 is 33.2 Å². The van der Waals surface area contributed by atoms with Crippen molar-refractivity contribution in [3.63, 3.8) is 0 Å². The number of alkyl halides is 1. The van der Waals surface area contributed by atoms with Gasteiger partial charge in [0.05, 0.1) is 17.3 Å². The van der Waals surface area contributed by atoms with Gasteiger partial charge in [0, 0.05) is 39.2 Å². The molecule has 1 aromatic rings. The van der Waals surface area contributed by atoms with Crippen molar-refractivity contribution in [1.29, 1.82) is 0 Å². The average molecular weight is 351 g/mol. The molecule has 0 aromatic heterocycles. The molecule has 5 heteroatoms. The molecule has 19 heavy (non-hydrogen) atoms. The Balaban J connectivity index is 2.77. The largest absolute Gasteiger partial charge is 0.385 e. The predicted molar refractivity (Wildman–Crippen MR) is 84.7 cm³/mol. The fraction of sp³-hybridized carbons (Fsp3) is 0.571. The van der Waals surface area contributed by atoms with E-state index in [4.69, 9.17) is 21.1 Å². The van der Waals surface area contributed by atoms with Crippen molar-refractivity contribution in [2.24, 2.45) is 0 Å². The van der Waals surface area contributed by atoms with Gasteiger partial charge in [-0.05, 0) is 24.1 Å². The summed E-state index contributed by atoms with van der Waals surface area (Å²) in [6.07, 6.45) is 0.969. The third-order valence-electron chi connectivity index (χ3n) is 2.85. The third kappa shape index (κ3) is 5.69. The number of rotatable bonds is 9. The molecule has 0 aliphatic carbocycles. The van der Waals surface area contributed by atoms with E-state index in [0.29, 0.717) is 6.61 Å². The van der Waals surface area contributed by atoms with Crippen molar-refractivity contribution in [1.82, 2.24) is 0 Å². The summed E-state index contributed by atoms with van der Waals surface area (Å²) in [5.41, 5.74) is 2.23. The van der Waals surface area contributed by atoms with E-state index in [1.807, 2.05) is 6.07 Å². The highest BCUT2D eigenvalue weighted by molar-refractivity contribution is 9.08. The summed E-state index contributed by atoms with van der Waals surface area (Å²) in [6, 6.07) is 6.16. The standard InChI is InChI=1S/C14H21BrClNO2/c1-18-8-3-6-17(7-9-19-2)14-5-4-12(11-15)10-13(14)16/h4-5,10H,3,6-9,11H2,1-2H3. The normalized spacial score (nSPS) is 10.7. The molecule has 0 fully saturated rings. The zero-order valence-electron chi connectivity index (χ0n) is 11.5. The lowest BCUT2D eigenvalue weighted by atomic mass is 10.2. The number of benzene rings is 1. The van der Waals surface area contributed by atoms with Crippen LogP contribution < -0.4 is 4.90 Å². The second kappa shape index (κ2) is 9.59. The molecule has 0 aliphatic rings. The average Bonchev–Trinajstić information content (AvgIpc) is 2.43. The van der Waals surface area contributed by atoms with Crippen LogP contribution in [0.25, 0.3) is 0 Å². The molecule has 0 bridgehead atoms. The minimum absolute atomic E-state index is 0.684. The van der Waals surface area contributed by atoms with Crippen LogP contribution in [0.1, 0.15) is 12.0 Å². The van der Waals surface area contributed by atoms with Gasteiger partial charge < -0.3 is 14.4 Å². The second-order valence-electron chi connectivity index (χ2n) is 4.25. The Morgan fingerprint density at radius 3 is 2.47 bits per heavy atom. The van der Waals surface area contributed by atoms with Crippen LogP contribution in [-0.2, 0) is 14.8 Å². The number of ether oxygens (including phenoxy) is 2. The zero-order valence-corrected chi connectivity index (χ0v) is 13.8. The highest BCUT2D eigenvalue weighted by Gasteiger charge is 2.10. The van der Waals surface area contributed by atoms with E-state index in [1.165, 1.54) is 5.56 Å². The predicted octanol–water partition coefficient (Wildman–Crippen LogP) is 3.72. The molecule has 0 atom stereocenters. The third-order valence-corrected chi connectivity index (χ3v) is 3.80. The summed E-state index contributed by atoms with van der Waals surface area (Å²) in [5, 5.41) is 1.60. The molecule has 108 valence electrons. The topological polar surface area (TPSA) is 21.7 Å². The molecule has 1 rings (SSSR count). The minimum atomic E-state index is 0.684. The molecule has 3 nitrogen and oxygen atoms in total. The van der Waals surface area contributed by atoms with Crippen LogP contribution in [0, 0.1) is 0 Å².